The molecule has 16 heavy (non-hydrogen) atoms. The van der Waals surface area contributed by atoms with E-state index in [0.717, 1.165) is 24.2 Å². The highest BCUT2D eigenvalue weighted by Gasteiger charge is 2.17. The first-order valence-electron chi connectivity index (χ1n) is 5.25. The van der Waals surface area contributed by atoms with E-state index in [9.17, 15) is 9.90 Å². The van der Waals surface area contributed by atoms with Crippen LogP contribution in [0.3, 0.4) is 0 Å². The third-order valence-corrected chi connectivity index (χ3v) is 3.34. The second-order valence-corrected chi connectivity index (χ2v) is 4.51. The van der Waals surface area contributed by atoms with Crippen LogP contribution in [-0.2, 0) is 6.42 Å². The van der Waals surface area contributed by atoms with Crippen molar-refractivity contribution >= 4 is 16.3 Å². The van der Waals surface area contributed by atoms with Gasteiger partial charge >= 0.3 is 4.96 Å². The van der Waals surface area contributed by atoms with Gasteiger partial charge < -0.3 is 5.11 Å². The van der Waals surface area contributed by atoms with Gasteiger partial charge in [-0.15, -0.1) is 0 Å². The predicted molar refractivity (Wildman–Crippen MR) is 61.8 cm³/mol. The molecule has 0 saturated carbocycles. The second kappa shape index (κ2) is 4.57. The van der Waals surface area contributed by atoms with Crippen molar-refractivity contribution in [3.63, 3.8) is 0 Å². The second-order valence-electron chi connectivity index (χ2n) is 3.57. The summed E-state index contributed by atoms with van der Waals surface area (Å²) in [4.78, 5) is 16.3. The molecular weight excluding hydrogens is 224 g/mol. The minimum absolute atomic E-state index is 0.0281. The molecule has 2 rings (SSSR count). The van der Waals surface area contributed by atoms with Crippen molar-refractivity contribution < 1.29 is 9.51 Å². The van der Waals surface area contributed by atoms with E-state index in [0.29, 0.717) is 16.9 Å². The van der Waals surface area contributed by atoms with Crippen molar-refractivity contribution in [2.24, 2.45) is 0 Å². The lowest BCUT2D eigenvalue weighted by atomic mass is 10.1. The standard InChI is InChI=1S/C11H12N2O2S/c1-2-3-5-8-9(14)13-7-4-6-12-11(13)16-10(8)15/h4,6-7H,2-3,5H2,1H3/p+1. The summed E-state index contributed by atoms with van der Waals surface area (Å²) in [6.07, 6.45) is 5.84. The topological polar surface area (TPSA) is 54.3 Å². The summed E-state index contributed by atoms with van der Waals surface area (Å²) in [7, 11) is 0. The number of rotatable bonds is 3. The van der Waals surface area contributed by atoms with Crippen LogP contribution in [0.2, 0.25) is 0 Å². The zero-order valence-electron chi connectivity index (χ0n) is 9.01. The van der Waals surface area contributed by atoms with Gasteiger partial charge in [0.25, 0.3) is 10.6 Å². The maximum absolute atomic E-state index is 11.8. The molecule has 0 amide bonds. The summed E-state index contributed by atoms with van der Waals surface area (Å²) in [6.45, 7) is 2.06. The molecule has 5 heteroatoms. The Morgan fingerprint density at radius 2 is 2.38 bits per heavy atom. The largest absolute Gasteiger partial charge is 0.477 e. The van der Waals surface area contributed by atoms with Crippen LogP contribution in [-0.4, -0.2) is 10.1 Å². The monoisotopic (exact) mass is 237 g/mol. The van der Waals surface area contributed by atoms with E-state index in [1.54, 1.807) is 22.9 Å². The zero-order valence-corrected chi connectivity index (χ0v) is 9.83. The minimum Gasteiger partial charge on any atom is -0.477 e. The van der Waals surface area contributed by atoms with Crippen LogP contribution in [0, 0.1) is 0 Å². The normalized spacial score (nSPS) is 10.8. The summed E-state index contributed by atoms with van der Waals surface area (Å²) in [5.41, 5.74) is 0.498. The highest BCUT2D eigenvalue weighted by atomic mass is 32.1. The minimum atomic E-state index is -0.0929. The molecule has 0 unspecified atom stereocenters. The number of hydrogen-bond donors (Lipinski definition) is 1. The Morgan fingerprint density at radius 1 is 1.56 bits per heavy atom. The van der Waals surface area contributed by atoms with Crippen LogP contribution >= 0.6 is 11.3 Å². The van der Waals surface area contributed by atoms with Crippen LogP contribution in [0.5, 0.6) is 5.88 Å². The van der Waals surface area contributed by atoms with Gasteiger partial charge in [0.15, 0.2) is 0 Å². The van der Waals surface area contributed by atoms with Gasteiger partial charge in [-0.3, -0.25) is 4.79 Å². The van der Waals surface area contributed by atoms with E-state index in [4.69, 9.17) is 0 Å². The smallest absolute Gasteiger partial charge is 0.393 e. The van der Waals surface area contributed by atoms with Gasteiger partial charge in [-0.1, -0.05) is 13.3 Å². The quantitative estimate of drug-likeness (QED) is 0.818. The third-order valence-electron chi connectivity index (χ3n) is 2.42. The first-order chi connectivity index (χ1) is 7.74. The Bertz CT molecular complexity index is 565. The molecule has 0 aliphatic carbocycles. The lowest BCUT2D eigenvalue weighted by Crippen LogP contribution is -2.26. The van der Waals surface area contributed by atoms with Crippen LogP contribution < -0.4 is 9.14 Å². The molecule has 2 heterocycles. The van der Waals surface area contributed by atoms with E-state index >= 15 is 0 Å². The van der Waals surface area contributed by atoms with Crippen LogP contribution in [0.15, 0.2) is 23.3 Å². The van der Waals surface area contributed by atoms with Crippen LogP contribution in [0.25, 0.3) is 4.96 Å². The molecule has 0 spiro atoms. The Morgan fingerprint density at radius 3 is 3.12 bits per heavy atom. The Balaban J connectivity index is 2.61. The SMILES string of the molecule is CCCCc1c(O)[n+]2cccnc2sc1=O. The number of fused-ring (bicyclic) bond motifs is 1. The molecule has 2 aromatic heterocycles. The third kappa shape index (κ3) is 1.90. The van der Waals surface area contributed by atoms with Gasteiger partial charge in [-0.25, -0.2) is 0 Å². The Hall–Kier alpha value is -1.49. The molecule has 0 saturated heterocycles. The van der Waals surface area contributed by atoms with Gasteiger partial charge in [0.05, 0.1) is 5.56 Å². The number of unbranched alkanes of at least 4 members (excludes halogenated alkanes) is 1. The lowest BCUT2D eigenvalue weighted by Gasteiger charge is -2.00. The molecule has 0 atom stereocenters. The molecule has 0 bridgehead atoms. The summed E-state index contributed by atoms with van der Waals surface area (Å²) < 4.78 is 1.46. The first-order valence-corrected chi connectivity index (χ1v) is 6.07. The number of nitrogens with zero attached hydrogens (tertiary/aromatic N) is 2. The van der Waals surface area contributed by atoms with E-state index in [1.807, 2.05) is 0 Å². The van der Waals surface area contributed by atoms with E-state index in [-0.39, 0.29) is 10.6 Å². The fraction of sp³-hybridized carbons (Fsp3) is 0.364. The molecule has 0 radical (unpaired) electrons. The van der Waals surface area contributed by atoms with Gasteiger partial charge in [0.1, 0.15) is 12.4 Å². The molecule has 0 fully saturated rings. The first kappa shape index (κ1) is 11.0. The highest BCUT2D eigenvalue weighted by Crippen LogP contribution is 2.13. The summed E-state index contributed by atoms with van der Waals surface area (Å²) in [5.74, 6) is 0.0281. The van der Waals surface area contributed by atoms with Gasteiger partial charge in [0, 0.05) is 6.07 Å². The Labute approximate surface area is 96.8 Å². The van der Waals surface area contributed by atoms with E-state index in [1.165, 1.54) is 0 Å². The molecule has 1 N–H and O–H groups in total. The fourth-order valence-corrected chi connectivity index (χ4v) is 2.38. The van der Waals surface area contributed by atoms with Crippen molar-refractivity contribution in [1.29, 1.82) is 0 Å². The average molecular weight is 237 g/mol. The van der Waals surface area contributed by atoms with Gasteiger partial charge in [0.2, 0.25) is 0 Å². The molecule has 84 valence electrons. The summed E-state index contributed by atoms with van der Waals surface area (Å²) in [6, 6.07) is 1.73. The number of aromatic nitrogens is 2. The Kier molecular flexibility index (Phi) is 3.14. The predicted octanol–water partition coefficient (Wildman–Crippen LogP) is 1.29. The van der Waals surface area contributed by atoms with E-state index < -0.39 is 0 Å². The fourth-order valence-electron chi connectivity index (χ4n) is 1.54. The van der Waals surface area contributed by atoms with Crippen molar-refractivity contribution in [2.45, 2.75) is 26.2 Å². The lowest BCUT2D eigenvalue weighted by molar-refractivity contribution is -0.523. The van der Waals surface area contributed by atoms with Crippen molar-refractivity contribution in [1.82, 2.24) is 4.98 Å². The molecule has 0 aromatic carbocycles. The van der Waals surface area contributed by atoms with Gasteiger partial charge in [-0.2, -0.15) is 4.40 Å². The zero-order chi connectivity index (χ0) is 11.5. The maximum Gasteiger partial charge on any atom is 0.393 e. The highest BCUT2D eigenvalue weighted by molar-refractivity contribution is 7.14. The molecule has 0 aliphatic rings. The molecular formula is C11H13N2O2S+. The average Bonchev–Trinajstić information content (AvgIpc) is 2.29. The van der Waals surface area contributed by atoms with Crippen molar-refractivity contribution in [2.75, 3.05) is 0 Å². The number of aromatic hydroxyl groups is 1. The van der Waals surface area contributed by atoms with Crippen molar-refractivity contribution in [3.8, 4) is 5.88 Å². The van der Waals surface area contributed by atoms with Crippen LogP contribution in [0.1, 0.15) is 25.3 Å². The van der Waals surface area contributed by atoms with Gasteiger partial charge in [-0.05, 0) is 29.2 Å². The molecule has 4 nitrogen and oxygen atoms in total. The van der Waals surface area contributed by atoms with Crippen molar-refractivity contribution in [3.05, 3.63) is 33.6 Å². The maximum atomic E-state index is 11.8. The number of hydrogen-bond acceptors (Lipinski definition) is 4. The molecule has 0 aliphatic heterocycles. The molecule has 2 aromatic rings. The summed E-state index contributed by atoms with van der Waals surface area (Å²) in [5, 5.41) is 9.99. The van der Waals surface area contributed by atoms with E-state index in [2.05, 4.69) is 11.9 Å². The van der Waals surface area contributed by atoms with Crippen LogP contribution in [0.4, 0.5) is 0 Å². The summed E-state index contributed by atoms with van der Waals surface area (Å²) >= 11 is 1.07.